The summed E-state index contributed by atoms with van der Waals surface area (Å²) in [5, 5.41) is 3.24. The summed E-state index contributed by atoms with van der Waals surface area (Å²) < 4.78 is 33.7. The third-order valence-corrected chi connectivity index (χ3v) is 5.57. The molecule has 2 rings (SSSR count). The monoisotopic (exact) mass is 313 g/mol. The molecule has 19 heavy (non-hydrogen) atoms. The normalized spacial score (nSPS) is 25.5. The zero-order valence-corrected chi connectivity index (χ0v) is 13.0. The maximum atomic E-state index is 12.6. The fourth-order valence-corrected chi connectivity index (χ4v) is 4.39. The molecule has 2 heterocycles. The third-order valence-electron chi connectivity index (χ3n) is 3.48. The molecule has 1 unspecified atom stereocenters. The topological polar surface area (TPSA) is 61.9 Å². The number of nitrogens with zero attached hydrogens (tertiary/aromatic N) is 2. The van der Waals surface area contributed by atoms with Crippen LogP contribution in [0.5, 0.6) is 0 Å². The number of rotatable bonds is 5. The fourth-order valence-electron chi connectivity index (χ4n) is 2.52. The Hall–Kier alpha value is 0.0800. The van der Waals surface area contributed by atoms with Gasteiger partial charge < -0.3 is 10.1 Å². The molecule has 0 saturated carbocycles. The number of nitrogens with one attached hydrogen (secondary N) is 1. The van der Waals surface area contributed by atoms with Crippen molar-refractivity contribution in [3.8, 4) is 0 Å². The predicted molar refractivity (Wildman–Crippen MR) is 76.8 cm³/mol. The van der Waals surface area contributed by atoms with Crippen LogP contribution in [0.1, 0.15) is 19.8 Å². The first kappa shape index (κ1) is 17.1. The summed E-state index contributed by atoms with van der Waals surface area (Å²) in [6.07, 6.45) is 1.75. The van der Waals surface area contributed by atoms with Gasteiger partial charge in [0.25, 0.3) is 10.2 Å². The summed E-state index contributed by atoms with van der Waals surface area (Å²) in [6.45, 7) is 6.25. The van der Waals surface area contributed by atoms with Gasteiger partial charge in [0, 0.05) is 32.2 Å². The minimum Gasteiger partial charge on any atom is -0.379 e. The largest absolute Gasteiger partial charge is 0.379 e. The average Bonchev–Trinajstić information content (AvgIpc) is 2.90. The van der Waals surface area contributed by atoms with Crippen LogP contribution in [0.15, 0.2) is 0 Å². The van der Waals surface area contributed by atoms with Crippen LogP contribution in [0.3, 0.4) is 0 Å². The Balaban J connectivity index is 0.00000180. The van der Waals surface area contributed by atoms with E-state index in [-0.39, 0.29) is 18.4 Å². The summed E-state index contributed by atoms with van der Waals surface area (Å²) in [5.74, 6) is 0. The highest BCUT2D eigenvalue weighted by Crippen LogP contribution is 2.18. The van der Waals surface area contributed by atoms with E-state index in [0.29, 0.717) is 32.8 Å². The maximum absolute atomic E-state index is 12.6. The number of ether oxygens (including phenoxy) is 1. The van der Waals surface area contributed by atoms with E-state index in [1.165, 1.54) is 0 Å². The minimum atomic E-state index is -3.32. The zero-order chi connectivity index (χ0) is 13.0. The summed E-state index contributed by atoms with van der Waals surface area (Å²) in [6, 6.07) is 0.109. The second-order valence-corrected chi connectivity index (χ2v) is 6.66. The molecule has 0 spiro atoms. The Kier molecular flexibility index (Phi) is 6.99. The molecule has 0 amide bonds. The van der Waals surface area contributed by atoms with Crippen molar-refractivity contribution < 1.29 is 13.2 Å². The first-order valence-corrected chi connectivity index (χ1v) is 8.11. The fraction of sp³-hybridized carbons (Fsp3) is 1.00. The van der Waals surface area contributed by atoms with Crippen LogP contribution in [0, 0.1) is 0 Å². The van der Waals surface area contributed by atoms with Crippen molar-refractivity contribution in [2.75, 3.05) is 45.9 Å². The molecule has 2 saturated heterocycles. The van der Waals surface area contributed by atoms with E-state index >= 15 is 0 Å². The van der Waals surface area contributed by atoms with E-state index in [2.05, 4.69) is 5.32 Å². The van der Waals surface area contributed by atoms with Crippen molar-refractivity contribution in [1.82, 2.24) is 13.9 Å². The molecular weight excluding hydrogens is 290 g/mol. The maximum Gasteiger partial charge on any atom is 0.282 e. The standard InChI is InChI=1S/C11H23N3O3S.ClH/c1-2-5-14(11-3-4-12-10-11)18(15,16)13-6-8-17-9-7-13;/h11-12H,2-10H2,1H3;1H. The molecule has 0 radical (unpaired) electrons. The molecule has 0 aromatic rings. The van der Waals surface area contributed by atoms with Gasteiger partial charge in [0.2, 0.25) is 0 Å². The van der Waals surface area contributed by atoms with Gasteiger partial charge in [-0.15, -0.1) is 12.4 Å². The van der Waals surface area contributed by atoms with E-state index in [1.54, 1.807) is 8.61 Å². The smallest absolute Gasteiger partial charge is 0.282 e. The molecule has 1 N–H and O–H groups in total. The van der Waals surface area contributed by atoms with Gasteiger partial charge in [0.15, 0.2) is 0 Å². The lowest BCUT2D eigenvalue weighted by atomic mass is 10.2. The van der Waals surface area contributed by atoms with Crippen LogP contribution < -0.4 is 5.32 Å². The van der Waals surface area contributed by atoms with Crippen molar-refractivity contribution >= 4 is 22.6 Å². The Morgan fingerprint density at radius 1 is 1.37 bits per heavy atom. The van der Waals surface area contributed by atoms with Crippen LogP contribution in [-0.2, 0) is 14.9 Å². The Morgan fingerprint density at radius 3 is 2.58 bits per heavy atom. The lowest BCUT2D eigenvalue weighted by Gasteiger charge is -2.34. The first-order valence-electron chi connectivity index (χ1n) is 6.71. The zero-order valence-electron chi connectivity index (χ0n) is 11.4. The van der Waals surface area contributed by atoms with E-state index in [1.807, 2.05) is 6.92 Å². The first-order chi connectivity index (χ1) is 8.66. The van der Waals surface area contributed by atoms with Crippen LogP contribution in [0.25, 0.3) is 0 Å². The quantitative estimate of drug-likeness (QED) is 0.779. The van der Waals surface area contributed by atoms with Gasteiger partial charge in [0.1, 0.15) is 0 Å². The summed E-state index contributed by atoms with van der Waals surface area (Å²) in [5.41, 5.74) is 0. The van der Waals surface area contributed by atoms with Gasteiger partial charge in [-0.3, -0.25) is 0 Å². The van der Waals surface area contributed by atoms with Crippen LogP contribution >= 0.6 is 12.4 Å². The lowest BCUT2D eigenvalue weighted by Crippen LogP contribution is -2.52. The molecule has 6 nitrogen and oxygen atoms in total. The molecule has 0 aliphatic carbocycles. The third kappa shape index (κ3) is 4.03. The van der Waals surface area contributed by atoms with Gasteiger partial charge in [0.05, 0.1) is 13.2 Å². The molecule has 8 heteroatoms. The second-order valence-electron chi connectivity index (χ2n) is 4.78. The lowest BCUT2D eigenvalue weighted by molar-refractivity contribution is 0.0693. The molecule has 2 aliphatic heterocycles. The summed E-state index contributed by atoms with van der Waals surface area (Å²) in [4.78, 5) is 0. The van der Waals surface area contributed by atoms with Crippen LogP contribution in [-0.4, -0.2) is 69.0 Å². The number of hydrogen-bond donors (Lipinski definition) is 1. The number of halogens is 1. The molecule has 2 aliphatic rings. The molecule has 1 atom stereocenters. The summed E-state index contributed by atoms with van der Waals surface area (Å²) in [7, 11) is -3.32. The van der Waals surface area contributed by atoms with Gasteiger partial charge in [-0.25, -0.2) is 0 Å². The Labute approximate surface area is 122 Å². The van der Waals surface area contributed by atoms with E-state index in [9.17, 15) is 8.42 Å². The van der Waals surface area contributed by atoms with E-state index < -0.39 is 10.2 Å². The van der Waals surface area contributed by atoms with Crippen molar-refractivity contribution in [2.24, 2.45) is 0 Å². The highest BCUT2D eigenvalue weighted by molar-refractivity contribution is 7.86. The molecule has 0 aromatic heterocycles. The molecule has 0 aromatic carbocycles. The van der Waals surface area contributed by atoms with Crippen molar-refractivity contribution in [2.45, 2.75) is 25.8 Å². The molecule has 114 valence electrons. The van der Waals surface area contributed by atoms with Gasteiger partial charge in [-0.2, -0.15) is 17.0 Å². The average molecular weight is 314 g/mol. The Morgan fingerprint density at radius 2 is 2.05 bits per heavy atom. The van der Waals surface area contributed by atoms with Crippen LogP contribution in [0.2, 0.25) is 0 Å². The number of hydrogen-bond acceptors (Lipinski definition) is 4. The van der Waals surface area contributed by atoms with Crippen molar-refractivity contribution in [3.05, 3.63) is 0 Å². The van der Waals surface area contributed by atoms with Gasteiger partial charge in [-0.1, -0.05) is 6.92 Å². The van der Waals surface area contributed by atoms with Crippen molar-refractivity contribution in [3.63, 3.8) is 0 Å². The molecule has 0 bridgehead atoms. The molecular formula is C11H24ClN3O3S. The SMILES string of the molecule is CCCN(C1CCNC1)S(=O)(=O)N1CCOCC1.Cl. The Bertz CT molecular complexity index is 354. The van der Waals surface area contributed by atoms with E-state index in [4.69, 9.17) is 4.74 Å². The van der Waals surface area contributed by atoms with Crippen LogP contribution in [0.4, 0.5) is 0 Å². The minimum absolute atomic E-state index is 0. The van der Waals surface area contributed by atoms with Gasteiger partial charge >= 0.3 is 0 Å². The number of morpholine rings is 1. The second kappa shape index (κ2) is 7.75. The van der Waals surface area contributed by atoms with Gasteiger partial charge in [-0.05, 0) is 19.4 Å². The highest BCUT2D eigenvalue weighted by atomic mass is 35.5. The highest BCUT2D eigenvalue weighted by Gasteiger charge is 2.36. The van der Waals surface area contributed by atoms with E-state index in [0.717, 1.165) is 25.9 Å². The predicted octanol–water partition coefficient (Wildman–Crippen LogP) is 0.0591. The summed E-state index contributed by atoms with van der Waals surface area (Å²) >= 11 is 0. The molecule has 2 fully saturated rings. The van der Waals surface area contributed by atoms with Crippen molar-refractivity contribution in [1.29, 1.82) is 0 Å².